The Hall–Kier alpha value is -3.39. The molecule has 0 unspecified atom stereocenters. The number of fused-ring (bicyclic) bond motifs is 1. The van der Waals surface area contributed by atoms with Gasteiger partial charge in [-0.25, -0.2) is 14.7 Å². The summed E-state index contributed by atoms with van der Waals surface area (Å²) >= 11 is 5.92. The lowest BCUT2D eigenvalue weighted by molar-refractivity contribution is -0.133. The van der Waals surface area contributed by atoms with E-state index < -0.39 is 29.7 Å². The SMILES string of the molecule is COC(=O)C1=NN(c2ccccc2OC)[C@H]2C(=O)N(c3ccc(Cl)cc3)C(=O)[C@@H]12. The number of hydrogen-bond donors (Lipinski definition) is 0. The lowest BCUT2D eigenvalue weighted by Gasteiger charge is -2.23. The van der Waals surface area contributed by atoms with E-state index in [0.29, 0.717) is 22.1 Å². The van der Waals surface area contributed by atoms with Crippen LogP contribution in [0.25, 0.3) is 0 Å². The monoisotopic (exact) mass is 413 g/mol. The van der Waals surface area contributed by atoms with E-state index in [2.05, 4.69) is 5.10 Å². The topological polar surface area (TPSA) is 88.5 Å². The summed E-state index contributed by atoms with van der Waals surface area (Å²) in [5.74, 6) is -2.46. The fraction of sp³-hybridized carbons (Fsp3) is 0.200. The number of amides is 2. The molecule has 0 aliphatic carbocycles. The number of halogens is 1. The first kappa shape index (κ1) is 18.9. The zero-order valence-corrected chi connectivity index (χ0v) is 16.3. The third kappa shape index (κ3) is 2.92. The fourth-order valence-electron chi connectivity index (χ4n) is 3.55. The highest BCUT2D eigenvalue weighted by Crippen LogP contribution is 2.41. The van der Waals surface area contributed by atoms with Crippen LogP contribution in [-0.4, -0.2) is 43.8 Å². The zero-order chi connectivity index (χ0) is 20.7. The number of methoxy groups -OCH3 is 2. The van der Waals surface area contributed by atoms with Crippen LogP contribution in [0.1, 0.15) is 0 Å². The number of para-hydroxylation sites is 2. The van der Waals surface area contributed by atoms with Crippen molar-refractivity contribution in [3.8, 4) is 5.75 Å². The third-order valence-corrected chi connectivity index (χ3v) is 5.11. The smallest absolute Gasteiger partial charge is 0.355 e. The first-order valence-electron chi connectivity index (χ1n) is 8.70. The van der Waals surface area contributed by atoms with Crippen LogP contribution in [0.4, 0.5) is 11.4 Å². The van der Waals surface area contributed by atoms with E-state index in [1.165, 1.54) is 19.2 Å². The molecule has 0 N–H and O–H groups in total. The Morgan fingerprint density at radius 2 is 1.72 bits per heavy atom. The maximum absolute atomic E-state index is 13.3. The van der Waals surface area contributed by atoms with Crippen molar-refractivity contribution in [1.29, 1.82) is 0 Å². The van der Waals surface area contributed by atoms with Crippen LogP contribution in [0.5, 0.6) is 5.75 Å². The van der Waals surface area contributed by atoms with Crippen LogP contribution in [0.2, 0.25) is 5.02 Å². The Bertz CT molecular complexity index is 1040. The highest BCUT2D eigenvalue weighted by atomic mass is 35.5. The van der Waals surface area contributed by atoms with Crippen molar-refractivity contribution < 1.29 is 23.9 Å². The quantitative estimate of drug-likeness (QED) is 0.564. The second-order valence-electron chi connectivity index (χ2n) is 6.40. The largest absolute Gasteiger partial charge is 0.495 e. The molecule has 4 rings (SSSR count). The van der Waals surface area contributed by atoms with Gasteiger partial charge < -0.3 is 9.47 Å². The Kier molecular flexibility index (Phi) is 4.71. The van der Waals surface area contributed by atoms with E-state index >= 15 is 0 Å². The molecule has 148 valence electrons. The first-order chi connectivity index (χ1) is 14.0. The van der Waals surface area contributed by atoms with Crippen LogP contribution >= 0.6 is 11.6 Å². The van der Waals surface area contributed by atoms with Gasteiger partial charge in [-0.15, -0.1) is 0 Å². The summed E-state index contributed by atoms with van der Waals surface area (Å²) in [7, 11) is 2.68. The molecule has 0 aromatic heterocycles. The summed E-state index contributed by atoms with van der Waals surface area (Å²) in [6.45, 7) is 0. The number of esters is 1. The van der Waals surface area contributed by atoms with Crippen LogP contribution in [0.3, 0.4) is 0 Å². The molecular weight excluding hydrogens is 398 g/mol. The molecule has 1 fully saturated rings. The average Bonchev–Trinajstić information content (AvgIpc) is 3.25. The zero-order valence-electron chi connectivity index (χ0n) is 15.5. The minimum absolute atomic E-state index is 0.127. The Morgan fingerprint density at radius 3 is 2.38 bits per heavy atom. The van der Waals surface area contributed by atoms with Crippen molar-refractivity contribution in [3.63, 3.8) is 0 Å². The number of anilines is 2. The standard InChI is InChI=1S/C20H16ClN3O5/c1-28-14-6-4-3-5-13(14)24-17-15(16(22-24)20(27)29-2)18(25)23(19(17)26)12-9-7-11(21)8-10-12/h3-10,15,17H,1-2H3/t15-,17+/m0/s1. The molecule has 2 aliphatic rings. The minimum Gasteiger partial charge on any atom is -0.495 e. The van der Waals surface area contributed by atoms with Crippen molar-refractivity contribution in [2.45, 2.75) is 6.04 Å². The lowest BCUT2D eigenvalue weighted by atomic mass is 9.97. The molecule has 0 spiro atoms. The maximum atomic E-state index is 13.3. The number of benzene rings is 2. The molecule has 2 atom stereocenters. The van der Waals surface area contributed by atoms with E-state index in [1.54, 1.807) is 48.5 Å². The van der Waals surface area contributed by atoms with Gasteiger partial charge in [0.15, 0.2) is 5.71 Å². The highest BCUT2D eigenvalue weighted by molar-refractivity contribution is 6.47. The molecule has 8 nitrogen and oxygen atoms in total. The van der Waals surface area contributed by atoms with Gasteiger partial charge in [0.25, 0.3) is 5.91 Å². The number of hydrogen-bond acceptors (Lipinski definition) is 7. The molecule has 2 aliphatic heterocycles. The Balaban J connectivity index is 1.83. The maximum Gasteiger partial charge on any atom is 0.355 e. The molecule has 29 heavy (non-hydrogen) atoms. The predicted octanol–water partition coefficient (Wildman–Crippen LogP) is 2.26. The van der Waals surface area contributed by atoms with Gasteiger partial charge in [-0.2, -0.15) is 5.10 Å². The van der Waals surface area contributed by atoms with Crippen molar-refractivity contribution in [2.24, 2.45) is 11.0 Å². The number of ether oxygens (including phenoxy) is 2. The molecule has 0 radical (unpaired) electrons. The molecule has 2 amide bonds. The van der Waals surface area contributed by atoms with Gasteiger partial charge in [0.2, 0.25) is 5.91 Å². The van der Waals surface area contributed by atoms with Crippen LogP contribution in [-0.2, 0) is 19.1 Å². The van der Waals surface area contributed by atoms with Crippen LogP contribution in [0, 0.1) is 5.92 Å². The molecule has 2 aromatic rings. The van der Waals surface area contributed by atoms with Crippen molar-refractivity contribution in [2.75, 3.05) is 24.1 Å². The molecular formula is C20H16ClN3O5. The summed E-state index contributed by atoms with van der Waals surface area (Å²) in [4.78, 5) is 39.8. The number of hydrazone groups is 1. The predicted molar refractivity (Wildman–Crippen MR) is 106 cm³/mol. The van der Waals surface area contributed by atoms with E-state index in [1.807, 2.05) is 0 Å². The summed E-state index contributed by atoms with van der Waals surface area (Å²) in [6, 6.07) is 12.2. The summed E-state index contributed by atoms with van der Waals surface area (Å²) in [5, 5.41) is 6.10. The van der Waals surface area contributed by atoms with Gasteiger partial charge in [0.05, 0.1) is 19.9 Å². The Morgan fingerprint density at radius 1 is 1.03 bits per heavy atom. The van der Waals surface area contributed by atoms with Gasteiger partial charge in [-0.1, -0.05) is 23.7 Å². The van der Waals surface area contributed by atoms with Gasteiger partial charge in [-0.05, 0) is 36.4 Å². The van der Waals surface area contributed by atoms with Crippen molar-refractivity contribution >= 4 is 46.5 Å². The van der Waals surface area contributed by atoms with Gasteiger partial charge in [0, 0.05) is 5.02 Å². The summed E-state index contributed by atoms with van der Waals surface area (Å²) in [5.41, 5.74) is 0.698. The fourth-order valence-corrected chi connectivity index (χ4v) is 3.68. The summed E-state index contributed by atoms with van der Waals surface area (Å²) < 4.78 is 10.2. The first-order valence-corrected chi connectivity index (χ1v) is 9.08. The van der Waals surface area contributed by atoms with Crippen LogP contribution < -0.4 is 14.6 Å². The third-order valence-electron chi connectivity index (χ3n) is 4.86. The second kappa shape index (κ2) is 7.21. The van der Waals surface area contributed by atoms with E-state index in [-0.39, 0.29) is 5.71 Å². The molecule has 1 saturated heterocycles. The average molecular weight is 414 g/mol. The number of nitrogens with zero attached hydrogens (tertiary/aromatic N) is 3. The number of carbonyl (C=O) groups excluding carboxylic acids is 3. The molecule has 0 saturated carbocycles. The molecule has 2 aromatic carbocycles. The van der Waals surface area contributed by atoms with E-state index in [9.17, 15) is 14.4 Å². The van der Waals surface area contributed by atoms with E-state index in [4.69, 9.17) is 21.1 Å². The van der Waals surface area contributed by atoms with Gasteiger partial charge >= 0.3 is 5.97 Å². The number of carbonyl (C=O) groups is 3. The number of imide groups is 1. The van der Waals surface area contributed by atoms with Gasteiger partial charge in [-0.3, -0.25) is 9.59 Å². The lowest BCUT2D eigenvalue weighted by Crippen LogP contribution is -2.39. The normalized spacial score (nSPS) is 20.6. The second-order valence-corrected chi connectivity index (χ2v) is 6.84. The molecule has 0 bridgehead atoms. The summed E-state index contributed by atoms with van der Waals surface area (Å²) in [6.07, 6.45) is 0. The number of rotatable bonds is 4. The van der Waals surface area contributed by atoms with Crippen molar-refractivity contribution in [3.05, 3.63) is 53.6 Å². The molecule has 9 heteroatoms. The Labute approximate surface area is 171 Å². The van der Waals surface area contributed by atoms with Crippen molar-refractivity contribution in [1.82, 2.24) is 0 Å². The van der Waals surface area contributed by atoms with E-state index in [0.717, 1.165) is 4.90 Å². The minimum atomic E-state index is -1.09. The highest BCUT2D eigenvalue weighted by Gasteiger charge is 2.59. The molecule has 2 heterocycles. The van der Waals surface area contributed by atoms with Crippen LogP contribution in [0.15, 0.2) is 53.6 Å². The van der Waals surface area contributed by atoms with Gasteiger partial charge in [0.1, 0.15) is 23.4 Å².